The molecule has 3 rings (SSSR count). The second-order valence-corrected chi connectivity index (χ2v) is 6.17. The van der Waals surface area contributed by atoms with E-state index in [4.69, 9.17) is 9.52 Å². The molecule has 0 spiro atoms. The molecular weight excluding hydrogens is 316 g/mol. The Bertz CT molecular complexity index is 917. The Morgan fingerprint density at radius 1 is 1.08 bits per heavy atom. The maximum Gasteiger partial charge on any atom is 0.335 e. The van der Waals surface area contributed by atoms with Crippen molar-refractivity contribution in [3.8, 4) is 22.5 Å². The summed E-state index contributed by atoms with van der Waals surface area (Å²) in [5.74, 6) is -0.218. The number of benzene rings is 2. The van der Waals surface area contributed by atoms with Gasteiger partial charge >= 0.3 is 5.97 Å². The molecule has 0 aliphatic carbocycles. The summed E-state index contributed by atoms with van der Waals surface area (Å²) in [6, 6.07) is 14.4. The van der Waals surface area contributed by atoms with Crippen LogP contribution in [0.4, 0.5) is 0 Å². The maximum absolute atomic E-state index is 11.7. The van der Waals surface area contributed by atoms with Crippen LogP contribution >= 0.6 is 0 Å². The van der Waals surface area contributed by atoms with Gasteiger partial charge in [0, 0.05) is 11.1 Å². The van der Waals surface area contributed by atoms with Gasteiger partial charge in [0.15, 0.2) is 6.29 Å². The van der Waals surface area contributed by atoms with Crippen LogP contribution in [-0.4, -0.2) is 17.4 Å². The molecule has 0 fully saturated rings. The number of carbonyl (C=O) groups excluding carboxylic acids is 1. The molecule has 4 nitrogen and oxygen atoms in total. The van der Waals surface area contributed by atoms with E-state index in [0.29, 0.717) is 28.4 Å². The van der Waals surface area contributed by atoms with Crippen molar-refractivity contribution in [1.82, 2.24) is 0 Å². The standard InChI is InChI=1S/C21H18O4/c1-13(2)14-6-8-15(9-7-14)19-12-25-20(18(19)11-22)16-4-3-5-17(10-16)21(23)24/h3-13H,1-2H3,(H,23,24). The first-order valence-corrected chi connectivity index (χ1v) is 8.02. The number of aromatic carboxylic acids is 1. The van der Waals surface area contributed by atoms with Crippen molar-refractivity contribution in [1.29, 1.82) is 0 Å². The number of carbonyl (C=O) groups is 2. The molecule has 0 aliphatic heterocycles. The first-order valence-electron chi connectivity index (χ1n) is 8.02. The lowest BCUT2D eigenvalue weighted by molar-refractivity contribution is 0.0697. The number of carboxylic acids is 1. The van der Waals surface area contributed by atoms with E-state index in [1.54, 1.807) is 12.1 Å². The fourth-order valence-corrected chi connectivity index (χ4v) is 2.77. The van der Waals surface area contributed by atoms with Crippen LogP contribution in [0.2, 0.25) is 0 Å². The van der Waals surface area contributed by atoms with Crippen LogP contribution in [0.3, 0.4) is 0 Å². The number of carboxylic acid groups (broad SMARTS) is 1. The Hall–Kier alpha value is -3.14. The third kappa shape index (κ3) is 3.24. The molecule has 0 saturated carbocycles. The molecule has 25 heavy (non-hydrogen) atoms. The number of hydrogen-bond donors (Lipinski definition) is 1. The smallest absolute Gasteiger partial charge is 0.335 e. The first kappa shape index (κ1) is 16.7. The monoisotopic (exact) mass is 334 g/mol. The second kappa shape index (κ2) is 6.77. The first-order chi connectivity index (χ1) is 12.0. The van der Waals surface area contributed by atoms with Crippen LogP contribution in [-0.2, 0) is 0 Å². The van der Waals surface area contributed by atoms with Crippen molar-refractivity contribution in [3.05, 3.63) is 71.5 Å². The summed E-state index contributed by atoms with van der Waals surface area (Å²) in [6.45, 7) is 4.24. The largest absolute Gasteiger partial charge is 0.478 e. The topological polar surface area (TPSA) is 67.5 Å². The quantitative estimate of drug-likeness (QED) is 0.647. The van der Waals surface area contributed by atoms with Gasteiger partial charge in [-0.15, -0.1) is 0 Å². The molecule has 0 saturated heterocycles. The summed E-state index contributed by atoms with van der Waals surface area (Å²) in [7, 11) is 0. The summed E-state index contributed by atoms with van der Waals surface area (Å²) in [5.41, 5.74) is 3.92. The van der Waals surface area contributed by atoms with E-state index in [2.05, 4.69) is 13.8 Å². The lowest BCUT2D eigenvalue weighted by atomic mass is 9.97. The van der Waals surface area contributed by atoms with E-state index < -0.39 is 5.97 Å². The van der Waals surface area contributed by atoms with Crippen LogP contribution in [0.1, 0.15) is 46.0 Å². The minimum Gasteiger partial charge on any atom is -0.478 e. The average Bonchev–Trinajstić information content (AvgIpc) is 3.05. The number of rotatable bonds is 5. The van der Waals surface area contributed by atoms with Crippen LogP contribution in [0.25, 0.3) is 22.5 Å². The van der Waals surface area contributed by atoms with E-state index >= 15 is 0 Å². The van der Waals surface area contributed by atoms with Crippen LogP contribution in [0.5, 0.6) is 0 Å². The van der Waals surface area contributed by atoms with Gasteiger partial charge in [-0.1, -0.05) is 50.2 Å². The van der Waals surface area contributed by atoms with E-state index in [9.17, 15) is 9.59 Å². The van der Waals surface area contributed by atoms with Crippen molar-refractivity contribution in [2.24, 2.45) is 0 Å². The molecule has 1 N–H and O–H groups in total. The summed E-state index contributed by atoms with van der Waals surface area (Å²) < 4.78 is 5.62. The molecule has 0 aliphatic rings. The van der Waals surface area contributed by atoms with E-state index in [1.165, 1.54) is 24.0 Å². The summed E-state index contributed by atoms with van der Waals surface area (Å²) >= 11 is 0. The van der Waals surface area contributed by atoms with Gasteiger partial charge in [0.1, 0.15) is 5.76 Å². The Morgan fingerprint density at radius 2 is 1.80 bits per heavy atom. The molecule has 0 amide bonds. The van der Waals surface area contributed by atoms with Crippen molar-refractivity contribution in [2.45, 2.75) is 19.8 Å². The maximum atomic E-state index is 11.7. The van der Waals surface area contributed by atoms with Gasteiger partial charge in [-0.2, -0.15) is 0 Å². The highest BCUT2D eigenvalue weighted by Gasteiger charge is 2.17. The van der Waals surface area contributed by atoms with Gasteiger partial charge in [0.05, 0.1) is 17.4 Å². The molecule has 126 valence electrons. The van der Waals surface area contributed by atoms with Gasteiger partial charge in [-0.3, -0.25) is 4.79 Å². The average molecular weight is 334 g/mol. The van der Waals surface area contributed by atoms with Gasteiger partial charge in [-0.05, 0) is 29.2 Å². The summed E-state index contributed by atoms with van der Waals surface area (Å²) in [4.78, 5) is 22.8. The third-order valence-electron chi connectivity index (χ3n) is 4.21. The number of furan rings is 1. The molecule has 3 aromatic rings. The highest BCUT2D eigenvalue weighted by molar-refractivity contribution is 5.96. The van der Waals surface area contributed by atoms with Gasteiger partial charge in [0.2, 0.25) is 0 Å². The molecule has 4 heteroatoms. The molecule has 0 unspecified atom stereocenters. The van der Waals surface area contributed by atoms with E-state index in [-0.39, 0.29) is 5.56 Å². The minimum absolute atomic E-state index is 0.147. The zero-order chi connectivity index (χ0) is 18.0. The van der Waals surface area contributed by atoms with Crippen molar-refractivity contribution >= 4 is 12.3 Å². The van der Waals surface area contributed by atoms with Gasteiger partial charge in [-0.25, -0.2) is 4.79 Å². The lowest BCUT2D eigenvalue weighted by Crippen LogP contribution is -1.96. The highest BCUT2D eigenvalue weighted by Crippen LogP contribution is 2.34. The van der Waals surface area contributed by atoms with Gasteiger partial charge in [0.25, 0.3) is 0 Å². The van der Waals surface area contributed by atoms with Crippen LogP contribution in [0, 0.1) is 0 Å². The van der Waals surface area contributed by atoms with E-state index in [1.807, 2.05) is 24.3 Å². The fraction of sp³-hybridized carbons (Fsp3) is 0.143. The normalized spacial score (nSPS) is 10.8. The summed E-state index contributed by atoms with van der Waals surface area (Å²) in [5, 5.41) is 9.14. The number of aldehydes is 1. The van der Waals surface area contributed by atoms with Crippen LogP contribution < -0.4 is 0 Å². The zero-order valence-corrected chi connectivity index (χ0v) is 14.0. The molecule has 0 radical (unpaired) electrons. The second-order valence-electron chi connectivity index (χ2n) is 6.17. The zero-order valence-electron chi connectivity index (χ0n) is 14.0. The molecule has 1 heterocycles. The van der Waals surface area contributed by atoms with Crippen molar-refractivity contribution in [2.75, 3.05) is 0 Å². The molecule has 0 atom stereocenters. The Balaban J connectivity index is 2.06. The highest BCUT2D eigenvalue weighted by atomic mass is 16.4. The van der Waals surface area contributed by atoms with Gasteiger partial charge < -0.3 is 9.52 Å². The van der Waals surface area contributed by atoms with Crippen molar-refractivity contribution in [3.63, 3.8) is 0 Å². The molecular formula is C21H18O4. The SMILES string of the molecule is CC(C)c1ccc(-c2coc(-c3cccc(C(=O)O)c3)c2C=O)cc1. The fourth-order valence-electron chi connectivity index (χ4n) is 2.77. The summed E-state index contributed by atoms with van der Waals surface area (Å²) in [6.07, 6.45) is 2.29. The predicted octanol–water partition coefficient (Wildman–Crippen LogP) is 5.25. The predicted molar refractivity (Wildman–Crippen MR) is 96.0 cm³/mol. The third-order valence-corrected chi connectivity index (χ3v) is 4.21. The Kier molecular flexibility index (Phi) is 4.52. The van der Waals surface area contributed by atoms with E-state index in [0.717, 1.165) is 11.8 Å². The van der Waals surface area contributed by atoms with Crippen molar-refractivity contribution < 1.29 is 19.1 Å². The Morgan fingerprint density at radius 3 is 2.40 bits per heavy atom. The Labute approximate surface area is 145 Å². The molecule has 0 bridgehead atoms. The molecule has 1 aromatic heterocycles. The number of hydrogen-bond acceptors (Lipinski definition) is 3. The van der Waals surface area contributed by atoms with Crippen LogP contribution in [0.15, 0.2) is 59.2 Å². The lowest BCUT2D eigenvalue weighted by Gasteiger charge is -2.06. The minimum atomic E-state index is -1.02. The molecule has 2 aromatic carbocycles.